The Bertz CT molecular complexity index is 1240. The Morgan fingerprint density at radius 3 is 1.97 bits per heavy atom. The minimum atomic E-state index is -5.16. The molecule has 13 heteroatoms. The van der Waals surface area contributed by atoms with Crippen LogP contribution in [0, 0.1) is 6.92 Å². The topological polar surface area (TPSA) is 46.9 Å². The van der Waals surface area contributed by atoms with Gasteiger partial charge in [-0.15, -0.1) is 0 Å². The quantitative estimate of drug-likeness (QED) is 0.426. The fraction of sp³-hybridized carbons (Fsp3) is 0.238. The number of hydrogen-bond donors (Lipinski definition) is 1. The minimum Gasteiger partial charge on any atom is -0.325 e. The summed E-state index contributed by atoms with van der Waals surface area (Å²) in [5.41, 5.74) is -6.08. The average Bonchev–Trinajstić information content (AvgIpc) is 2.69. The summed E-state index contributed by atoms with van der Waals surface area (Å²) in [6.45, 7) is 1.34. The summed E-state index contributed by atoms with van der Waals surface area (Å²) >= 11 is 0. The van der Waals surface area contributed by atoms with E-state index < -0.39 is 59.1 Å². The number of aryl methyl sites for hydroxylation is 1. The first-order valence-corrected chi connectivity index (χ1v) is 9.36. The second kappa shape index (κ2) is 8.69. The van der Waals surface area contributed by atoms with Gasteiger partial charge >= 0.3 is 18.5 Å². The zero-order valence-corrected chi connectivity index (χ0v) is 17.0. The number of aromatic nitrogens is 2. The third-order valence-electron chi connectivity index (χ3n) is 4.66. The minimum absolute atomic E-state index is 0.0887. The summed E-state index contributed by atoms with van der Waals surface area (Å²) in [6.07, 6.45) is -15.3. The van der Waals surface area contributed by atoms with Crippen LogP contribution < -0.4 is 10.9 Å². The van der Waals surface area contributed by atoms with Gasteiger partial charge in [0, 0.05) is 6.07 Å². The van der Waals surface area contributed by atoms with E-state index >= 15 is 0 Å². The van der Waals surface area contributed by atoms with Crippen LogP contribution in [0.5, 0.6) is 0 Å². The van der Waals surface area contributed by atoms with Crippen molar-refractivity contribution >= 4 is 11.6 Å². The Morgan fingerprint density at radius 1 is 0.824 bits per heavy atom. The van der Waals surface area contributed by atoms with Crippen molar-refractivity contribution in [1.29, 1.82) is 0 Å². The van der Waals surface area contributed by atoms with Gasteiger partial charge < -0.3 is 5.32 Å². The van der Waals surface area contributed by atoms with Crippen molar-refractivity contribution in [3.63, 3.8) is 0 Å². The van der Waals surface area contributed by atoms with Crippen LogP contribution >= 0.6 is 0 Å². The Balaban J connectivity index is 2.20. The number of rotatable bonds is 4. The highest BCUT2D eigenvalue weighted by atomic mass is 19.4. The molecule has 0 radical (unpaired) electrons. The standard InChI is InChI=1S/C21H14F9N3O/c1-11-2-4-12(5-3-11)10-33-17(34)9-16(21(28,29)30)32-18(33)31-15-8-13(19(22,23)24)6-7-14(15)20(25,26)27/h2-9H,10H2,1H3,(H,31,32). The molecule has 4 nitrogen and oxygen atoms in total. The van der Waals surface area contributed by atoms with Gasteiger partial charge in [-0.25, -0.2) is 4.98 Å². The predicted octanol–water partition coefficient (Wildman–Crippen LogP) is 6.40. The fourth-order valence-electron chi connectivity index (χ4n) is 2.97. The smallest absolute Gasteiger partial charge is 0.325 e. The van der Waals surface area contributed by atoms with Crippen LogP contribution in [0.25, 0.3) is 0 Å². The second-order valence-electron chi connectivity index (χ2n) is 7.25. The van der Waals surface area contributed by atoms with Crippen LogP contribution in [-0.2, 0) is 25.1 Å². The molecule has 0 spiro atoms. The Morgan fingerprint density at radius 2 is 1.44 bits per heavy atom. The van der Waals surface area contributed by atoms with E-state index in [1.165, 1.54) is 12.1 Å². The average molecular weight is 495 g/mol. The van der Waals surface area contributed by atoms with Crippen LogP contribution in [0.4, 0.5) is 51.1 Å². The number of anilines is 2. The van der Waals surface area contributed by atoms with Crippen LogP contribution in [0.3, 0.4) is 0 Å². The number of benzene rings is 2. The number of nitrogens with one attached hydrogen (secondary N) is 1. The molecule has 34 heavy (non-hydrogen) atoms. The first-order chi connectivity index (χ1) is 15.6. The Kier molecular flexibility index (Phi) is 6.42. The second-order valence-corrected chi connectivity index (χ2v) is 7.25. The molecular formula is C21H14F9N3O. The Hall–Kier alpha value is -3.51. The molecule has 0 unspecified atom stereocenters. The first kappa shape index (κ1) is 25.1. The van der Waals surface area contributed by atoms with E-state index in [-0.39, 0.29) is 24.3 Å². The van der Waals surface area contributed by atoms with Gasteiger partial charge in [-0.2, -0.15) is 39.5 Å². The zero-order valence-electron chi connectivity index (χ0n) is 17.0. The molecule has 0 amide bonds. The van der Waals surface area contributed by atoms with Crippen LogP contribution in [0.15, 0.2) is 53.3 Å². The molecule has 0 fully saturated rings. The van der Waals surface area contributed by atoms with Gasteiger partial charge in [-0.05, 0) is 30.7 Å². The molecule has 1 N–H and O–H groups in total. The summed E-state index contributed by atoms with van der Waals surface area (Å²) in [5.74, 6) is -1.01. The summed E-state index contributed by atoms with van der Waals surface area (Å²) in [7, 11) is 0. The van der Waals surface area contributed by atoms with Gasteiger partial charge in [-0.3, -0.25) is 9.36 Å². The van der Waals surface area contributed by atoms with Crippen LogP contribution in [0.1, 0.15) is 27.9 Å². The van der Waals surface area contributed by atoms with Gasteiger partial charge in [0.05, 0.1) is 23.4 Å². The van der Waals surface area contributed by atoms with Gasteiger partial charge in [0.2, 0.25) is 5.95 Å². The molecule has 0 aliphatic carbocycles. The van der Waals surface area contributed by atoms with Crippen molar-refractivity contribution in [1.82, 2.24) is 9.55 Å². The molecular weight excluding hydrogens is 481 g/mol. The van der Waals surface area contributed by atoms with Gasteiger partial charge in [0.1, 0.15) is 0 Å². The molecule has 0 bridgehead atoms. The van der Waals surface area contributed by atoms with E-state index in [1.807, 2.05) is 5.32 Å². The molecule has 0 aliphatic heterocycles. The first-order valence-electron chi connectivity index (χ1n) is 9.36. The zero-order chi connectivity index (χ0) is 25.5. The van der Waals surface area contributed by atoms with E-state index in [4.69, 9.17) is 0 Å². The van der Waals surface area contributed by atoms with E-state index in [0.29, 0.717) is 10.1 Å². The number of alkyl halides is 9. The summed E-state index contributed by atoms with van der Waals surface area (Å²) in [5, 5.41) is 1.88. The summed E-state index contributed by atoms with van der Waals surface area (Å²) in [6, 6.07) is 6.86. The Labute approximate surface area is 185 Å². The largest absolute Gasteiger partial charge is 0.433 e. The third-order valence-corrected chi connectivity index (χ3v) is 4.66. The maximum Gasteiger partial charge on any atom is 0.433 e. The number of nitrogens with zero attached hydrogens (tertiary/aromatic N) is 2. The fourth-order valence-corrected chi connectivity index (χ4v) is 2.97. The third kappa shape index (κ3) is 5.69. The van der Waals surface area contributed by atoms with E-state index in [0.717, 1.165) is 5.56 Å². The normalized spacial score (nSPS) is 12.6. The summed E-state index contributed by atoms with van der Waals surface area (Å²) < 4.78 is 120. The van der Waals surface area contributed by atoms with Crippen molar-refractivity contribution in [3.8, 4) is 0 Å². The monoisotopic (exact) mass is 495 g/mol. The SMILES string of the molecule is Cc1ccc(Cn2c(Nc3cc(C(F)(F)F)ccc3C(F)(F)F)nc(C(F)(F)F)cc2=O)cc1. The van der Waals surface area contributed by atoms with Crippen molar-refractivity contribution in [2.45, 2.75) is 32.0 Å². The molecule has 3 rings (SSSR count). The van der Waals surface area contributed by atoms with Crippen LogP contribution in [-0.4, -0.2) is 9.55 Å². The van der Waals surface area contributed by atoms with Crippen LogP contribution in [0.2, 0.25) is 0 Å². The van der Waals surface area contributed by atoms with E-state index in [1.54, 1.807) is 19.1 Å². The van der Waals surface area contributed by atoms with Gasteiger partial charge in [0.25, 0.3) is 5.56 Å². The molecule has 1 heterocycles. The maximum absolute atomic E-state index is 13.4. The lowest BCUT2D eigenvalue weighted by Crippen LogP contribution is -2.27. The molecule has 0 saturated carbocycles. The highest BCUT2D eigenvalue weighted by molar-refractivity contribution is 5.61. The van der Waals surface area contributed by atoms with Crippen molar-refractivity contribution in [2.75, 3.05) is 5.32 Å². The molecule has 2 aromatic carbocycles. The molecule has 1 aromatic heterocycles. The van der Waals surface area contributed by atoms with Crippen molar-refractivity contribution in [2.24, 2.45) is 0 Å². The van der Waals surface area contributed by atoms with Crippen molar-refractivity contribution in [3.05, 3.63) is 86.8 Å². The highest BCUT2D eigenvalue weighted by Gasteiger charge is 2.38. The predicted molar refractivity (Wildman–Crippen MR) is 104 cm³/mol. The molecule has 182 valence electrons. The lowest BCUT2D eigenvalue weighted by atomic mass is 10.1. The lowest BCUT2D eigenvalue weighted by molar-refractivity contribution is -0.141. The molecule has 0 saturated heterocycles. The molecule has 0 atom stereocenters. The molecule has 3 aromatic rings. The molecule has 0 aliphatic rings. The van der Waals surface area contributed by atoms with Crippen molar-refractivity contribution < 1.29 is 39.5 Å². The van der Waals surface area contributed by atoms with Gasteiger partial charge in [0.15, 0.2) is 5.69 Å². The maximum atomic E-state index is 13.4. The highest BCUT2D eigenvalue weighted by Crippen LogP contribution is 2.40. The lowest BCUT2D eigenvalue weighted by Gasteiger charge is -2.20. The van der Waals surface area contributed by atoms with E-state index in [2.05, 4.69) is 4.98 Å². The number of halogens is 9. The summed E-state index contributed by atoms with van der Waals surface area (Å²) in [4.78, 5) is 15.7. The van der Waals surface area contributed by atoms with Gasteiger partial charge in [-0.1, -0.05) is 29.8 Å². The van der Waals surface area contributed by atoms with E-state index in [9.17, 15) is 44.3 Å². The number of hydrogen-bond acceptors (Lipinski definition) is 3.